The van der Waals surface area contributed by atoms with Crippen molar-refractivity contribution in [3.05, 3.63) is 70.6 Å². The highest BCUT2D eigenvalue weighted by molar-refractivity contribution is 7.09. The number of benzene rings is 1. The molecule has 1 aromatic carbocycles. The Balaban J connectivity index is 1.24. The molecule has 212 valence electrons. The second-order valence-electron chi connectivity index (χ2n) is 10.3. The lowest BCUT2D eigenvalue weighted by atomic mass is 9.92. The van der Waals surface area contributed by atoms with E-state index in [1.54, 1.807) is 42.7 Å². The molecule has 1 amide bonds. The van der Waals surface area contributed by atoms with Gasteiger partial charge in [0.25, 0.3) is 5.91 Å². The molecule has 3 aromatic heterocycles. The Kier molecular flexibility index (Phi) is 7.01. The molecule has 4 heterocycles. The number of anilines is 1. The van der Waals surface area contributed by atoms with Crippen molar-refractivity contribution in [1.82, 2.24) is 19.9 Å². The van der Waals surface area contributed by atoms with E-state index in [0.29, 0.717) is 53.8 Å². The number of ether oxygens (including phenoxy) is 3. The number of nitrogens with one attached hydrogen (secondary N) is 2. The second-order valence-corrected chi connectivity index (χ2v) is 11.3. The molecule has 4 aromatic rings. The Labute approximate surface area is 238 Å². The summed E-state index contributed by atoms with van der Waals surface area (Å²) in [5.41, 5.74) is 5.31. The fourth-order valence-electron chi connectivity index (χ4n) is 4.37. The van der Waals surface area contributed by atoms with Gasteiger partial charge in [0.2, 0.25) is 12.2 Å². The summed E-state index contributed by atoms with van der Waals surface area (Å²) in [7, 11) is 0. The fourth-order valence-corrected chi connectivity index (χ4v) is 5.01. The average molecular weight is 579 g/mol. The number of esters is 1. The topological polar surface area (TPSA) is 154 Å². The maximum absolute atomic E-state index is 13.7. The minimum atomic E-state index is -1.23. The maximum atomic E-state index is 13.7. The normalized spacial score (nSPS) is 21.3. The highest BCUT2D eigenvalue weighted by Gasteiger charge is 2.55. The molecule has 1 aliphatic carbocycles. The first-order valence-corrected chi connectivity index (χ1v) is 13.8. The van der Waals surface area contributed by atoms with Gasteiger partial charge in [-0.15, -0.1) is 11.3 Å². The van der Waals surface area contributed by atoms with Crippen LogP contribution in [-0.4, -0.2) is 50.6 Å². The highest BCUT2D eigenvalue weighted by atomic mass is 32.1. The predicted molar refractivity (Wildman–Crippen MR) is 147 cm³/mol. The van der Waals surface area contributed by atoms with Crippen LogP contribution in [0.5, 0.6) is 0 Å². The van der Waals surface area contributed by atoms with E-state index >= 15 is 0 Å². The molecule has 13 heteroatoms. The number of aromatic nitrogens is 4. The van der Waals surface area contributed by atoms with E-state index in [1.165, 1.54) is 12.1 Å². The van der Waals surface area contributed by atoms with E-state index in [4.69, 9.17) is 24.9 Å². The molecule has 0 radical (unpaired) electrons. The minimum absolute atomic E-state index is 0.0302. The van der Waals surface area contributed by atoms with Crippen LogP contribution in [0.4, 0.5) is 10.3 Å². The van der Waals surface area contributed by atoms with Gasteiger partial charge in [-0.1, -0.05) is 6.07 Å². The van der Waals surface area contributed by atoms with Gasteiger partial charge in [0, 0.05) is 29.5 Å². The van der Waals surface area contributed by atoms with Crippen molar-refractivity contribution >= 4 is 29.2 Å². The van der Waals surface area contributed by atoms with Crippen LogP contribution in [-0.2, 0) is 30.3 Å². The number of hydrogen-bond acceptors (Lipinski definition) is 10. The molecule has 11 nitrogen and oxygen atoms in total. The molecule has 6 rings (SSSR count). The second kappa shape index (κ2) is 10.7. The summed E-state index contributed by atoms with van der Waals surface area (Å²) >= 11 is 1.63. The van der Waals surface area contributed by atoms with Crippen LogP contribution in [0.15, 0.2) is 54.0 Å². The van der Waals surface area contributed by atoms with Gasteiger partial charge in [-0.05, 0) is 48.7 Å². The third-order valence-corrected chi connectivity index (χ3v) is 7.89. The lowest BCUT2D eigenvalue weighted by Crippen LogP contribution is -2.47. The molecular weight excluding hydrogens is 551 g/mol. The minimum Gasteiger partial charge on any atom is -0.448 e. The smallest absolute Gasteiger partial charge is 0.317 e. The van der Waals surface area contributed by atoms with E-state index in [1.807, 2.05) is 17.5 Å². The van der Waals surface area contributed by atoms with Crippen molar-refractivity contribution in [2.75, 3.05) is 18.5 Å². The van der Waals surface area contributed by atoms with Gasteiger partial charge in [0.1, 0.15) is 11.2 Å². The molecule has 1 saturated heterocycles. The Bertz CT molecular complexity index is 1560. The summed E-state index contributed by atoms with van der Waals surface area (Å²) in [4.78, 5) is 42.7. The summed E-state index contributed by atoms with van der Waals surface area (Å²) < 4.78 is 31.0. The molecule has 0 unspecified atom stereocenters. The largest absolute Gasteiger partial charge is 0.448 e. The van der Waals surface area contributed by atoms with E-state index in [9.17, 15) is 14.0 Å². The average Bonchev–Trinajstić information content (AvgIpc) is 3.36. The number of carbonyl (C=O) groups excluding carboxylic acids is 2. The van der Waals surface area contributed by atoms with Gasteiger partial charge in [-0.25, -0.2) is 19.3 Å². The van der Waals surface area contributed by atoms with Gasteiger partial charge in [0.05, 0.1) is 36.8 Å². The fraction of sp³-hybridized carbons (Fsp3) is 0.321. The predicted octanol–water partition coefficient (Wildman–Crippen LogP) is 3.96. The lowest BCUT2D eigenvalue weighted by molar-refractivity contribution is -0.240. The zero-order valence-corrected chi connectivity index (χ0v) is 22.9. The molecule has 1 saturated carbocycles. The number of thiophene rings is 1. The van der Waals surface area contributed by atoms with Crippen molar-refractivity contribution in [1.29, 1.82) is 0 Å². The molecule has 0 atom stereocenters. The quantitative estimate of drug-likeness (QED) is 0.250. The van der Waals surface area contributed by atoms with Gasteiger partial charge in [-0.2, -0.15) is 0 Å². The number of rotatable bonds is 9. The van der Waals surface area contributed by atoms with Crippen molar-refractivity contribution in [3.63, 3.8) is 0 Å². The van der Waals surface area contributed by atoms with E-state index in [2.05, 4.69) is 20.3 Å². The van der Waals surface area contributed by atoms with Crippen LogP contribution in [0.1, 0.15) is 36.8 Å². The molecule has 41 heavy (non-hydrogen) atoms. The standard InChI is InChI=1S/C28H27FN6O5S/c1-27(25(37)40-28(9-10-28)24(30)36)14-38-23(39-15-27)22-34-20(16-4-6-17(29)7-5-16)21(35-22)19-8-11-31-26(33-19)32-13-18-3-2-12-41-18/h2-8,11-12,23H,9-10,13-15H2,1H3,(H2,30,36)(H,34,35)(H,31,32,33). The molecule has 4 N–H and O–H groups in total. The first-order chi connectivity index (χ1) is 19.7. The van der Waals surface area contributed by atoms with Crippen LogP contribution in [0.25, 0.3) is 22.6 Å². The number of carbonyl (C=O) groups is 2. The first kappa shape index (κ1) is 27.0. The Morgan fingerprint density at radius 2 is 1.93 bits per heavy atom. The van der Waals surface area contributed by atoms with Gasteiger partial charge < -0.3 is 30.2 Å². The van der Waals surface area contributed by atoms with Gasteiger partial charge in [-0.3, -0.25) is 9.59 Å². The molecule has 2 aliphatic rings. The Hall–Kier alpha value is -4.20. The third kappa shape index (κ3) is 5.56. The molecule has 0 bridgehead atoms. The summed E-state index contributed by atoms with van der Waals surface area (Å²) in [6, 6.07) is 11.7. The Morgan fingerprint density at radius 3 is 2.59 bits per heavy atom. The van der Waals surface area contributed by atoms with Crippen LogP contribution in [0.3, 0.4) is 0 Å². The van der Waals surface area contributed by atoms with Crippen molar-refractivity contribution in [3.8, 4) is 22.6 Å². The van der Waals surface area contributed by atoms with Crippen LogP contribution in [0.2, 0.25) is 0 Å². The first-order valence-electron chi connectivity index (χ1n) is 13.0. The number of nitrogens with two attached hydrogens (primary N) is 1. The number of H-pyrrole nitrogens is 1. The van der Waals surface area contributed by atoms with Crippen molar-refractivity contribution in [2.45, 2.75) is 38.2 Å². The van der Waals surface area contributed by atoms with Crippen LogP contribution < -0.4 is 11.1 Å². The van der Waals surface area contributed by atoms with Crippen molar-refractivity contribution in [2.24, 2.45) is 11.1 Å². The summed E-state index contributed by atoms with van der Waals surface area (Å²) in [5, 5.41) is 5.22. The third-order valence-electron chi connectivity index (χ3n) is 7.02. The highest BCUT2D eigenvalue weighted by Crippen LogP contribution is 2.42. The molecule has 1 aliphatic heterocycles. The number of primary amides is 1. The van der Waals surface area contributed by atoms with E-state index in [-0.39, 0.29) is 19.0 Å². The SMILES string of the molecule is CC1(C(=O)OC2(C(N)=O)CC2)COC(c2nc(-c3ccc(F)cc3)c(-c3ccnc(NCc4cccs4)n3)[nH]2)OC1. The maximum Gasteiger partial charge on any atom is 0.317 e. The molecular formula is C28H27FN6O5S. The van der Waals surface area contributed by atoms with Gasteiger partial charge in [0.15, 0.2) is 11.4 Å². The van der Waals surface area contributed by atoms with E-state index in [0.717, 1.165) is 4.88 Å². The zero-order valence-electron chi connectivity index (χ0n) is 22.1. The summed E-state index contributed by atoms with van der Waals surface area (Å²) in [6.45, 7) is 2.16. The van der Waals surface area contributed by atoms with Crippen LogP contribution >= 0.6 is 11.3 Å². The molecule has 2 fully saturated rings. The Morgan fingerprint density at radius 1 is 1.17 bits per heavy atom. The summed E-state index contributed by atoms with van der Waals surface area (Å²) in [5.74, 6) is -0.861. The van der Waals surface area contributed by atoms with Crippen LogP contribution in [0, 0.1) is 11.2 Å². The number of aromatic amines is 1. The lowest BCUT2D eigenvalue weighted by Gasteiger charge is -2.35. The monoisotopic (exact) mass is 578 g/mol. The number of hydrogen-bond donors (Lipinski definition) is 3. The number of halogens is 1. The van der Waals surface area contributed by atoms with E-state index < -0.39 is 29.2 Å². The number of amides is 1. The zero-order chi connectivity index (χ0) is 28.6. The van der Waals surface area contributed by atoms with Crippen molar-refractivity contribution < 1.29 is 28.2 Å². The summed E-state index contributed by atoms with van der Waals surface area (Å²) in [6.07, 6.45) is 1.53. The van der Waals surface area contributed by atoms with Gasteiger partial charge >= 0.3 is 5.97 Å². The number of imidazole rings is 1. The molecule has 0 spiro atoms. The number of nitrogens with zero attached hydrogens (tertiary/aromatic N) is 3.